The average Bonchev–Trinajstić information content (AvgIpc) is 3.49. The van der Waals surface area contributed by atoms with Gasteiger partial charge in [0, 0.05) is 30.7 Å². The molecule has 0 spiro atoms. The zero-order chi connectivity index (χ0) is 20.1. The molecule has 150 valence electrons. The standard InChI is InChI=1S/C19H22N8O2/c1-29-17(28)12-27-19(23-24-25-27)18(22-6-2-9-26-10-8-20-13-26)15-3-4-16-14(11-15)5-7-21-16/h3-5,7-8,10-11,13,18,21-22H,2,6,9,12H2,1H3. The fourth-order valence-corrected chi connectivity index (χ4v) is 3.25. The van der Waals surface area contributed by atoms with Crippen molar-refractivity contribution >= 4 is 16.9 Å². The number of H-pyrrole nitrogens is 1. The van der Waals surface area contributed by atoms with Crippen LogP contribution >= 0.6 is 0 Å². The van der Waals surface area contributed by atoms with Gasteiger partial charge in [-0.2, -0.15) is 0 Å². The van der Waals surface area contributed by atoms with E-state index in [1.54, 1.807) is 12.5 Å². The molecule has 0 radical (unpaired) electrons. The Hall–Kier alpha value is -3.53. The molecular formula is C19H22N8O2. The summed E-state index contributed by atoms with van der Waals surface area (Å²) in [7, 11) is 1.35. The van der Waals surface area contributed by atoms with Gasteiger partial charge in [0.05, 0.1) is 19.5 Å². The van der Waals surface area contributed by atoms with Gasteiger partial charge in [0.25, 0.3) is 0 Å². The van der Waals surface area contributed by atoms with E-state index in [9.17, 15) is 4.79 Å². The number of rotatable bonds is 9. The number of esters is 1. The van der Waals surface area contributed by atoms with Crippen molar-refractivity contribution in [3.8, 4) is 0 Å². The van der Waals surface area contributed by atoms with Crippen molar-refractivity contribution in [1.82, 2.24) is 40.1 Å². The van der Waals surface area contributed by atoms with Crippen LogP contribution in [0.25, 0.3) is 10.9 Å². The van der Waals surface area contributed by atoms with Gasteiger partial charge in [0.1, 0.15) is 6.54 Å². The fourth-order valence-electron chi connectivity index (χ4n) is 3.25. The molecule has 0 aliphatic heterocycles. The third kappa shape index (κ3) is 4.32. The van der Waals surface area contributed by atoms with Crippen LogP contribution in [0.1, 0.15) is 23.9 Å². The number of aromatic amines is 1. The minimum absolute atomic E-state index is 0.0432. The van der Waals surface area contributed by atoms with Crippen LogP contribution in [-0.4, -0.2) is 54.4 Å². The molecule has 10 nitrogen and oxygen atoms in total. The molecule has 3 aromatic heterocycles. The summed E-state index contributed by atoms with van der Waals surface area (Å²) in [5.74, 6) is 0.159. The number of tetrazole rings is 1. The molecule has 0 amide bonds. The number of nitrogens with zero attached hydrogens (tertiary/aromatic N) is 6. The monoisotopic (exact) mass is 394 g/mol. The maximum atomic E-state index is 11.8. The Balaban J connectivity index is 1.56. The Morgan fingerprint density at radius 2 is 2.28 bits per heavy atom. The van der Waals surface area contributed by atoms with Gasteiger partial charge in [-0.25, -0.2) is 9.67 Å². The van der Waals surface area contributed by atoms with E-state index in [0.717, 1.165) is 36.0 Å². The normalized spacial score (nSPS) is 12.3. The number of methoxy groups -OCH3 is 1. The van der Waals surface area contributed by atoms with Crippen molar-refractivity contribution in [2.24, 2.45) is 0 Å². The van der Waals surface area contributed by atoms with Crippen molar-refractivity contribution in [3.05, 3.63) is 60.6 Å². The molecule has 0 bridgehead atoms. The second-order valence-corrected chi connectivity index (χ2v) is 6.64. The summed E-state index contributed by atoms with van der Waals surface area (Å²) in [5, 5.41) is 16.6. The van der Waals surface area contributed by atoms with Gasteiger partial charge < -0.3 is 19.6 Å². The van der Waals surface area contributed by atoms with Gasteiger partial charge in [-0.15, -0.1) is 5.10 Å². The predicted octanol–water partition coefficient (Wildman–Crippen LogP) is 1.29. The lowest BCUT2D eigenvalue weighted by atomic mass is 10.0. The molecule has 0 fully saturated rings. The lowest BCUT2D eigenvalue weighted by Crippen LogP contribution is -2.28. The van der Waals surface area contributed by atoms with Crippen molar-refractivity contribution in [1.29, 1.82) is 0 Å². The highest BCUT2D eigenvalue weighted by Crippen LogP contribution is 2.24. The van der Waals surface area contributed by atoms with Crippen LogP contribution in [0, 0.1) is 0 Å². The number of imidazole rings is 1. The van der Waals surface area contributed by atoms with Gasteiger partial charge in [-0.05, 0) is 52.5 Å². The van der Waals surface area contributed by atoms with Gasteiger partial charge in [-0.3, -0.25) is 4.79 Å². The van der Waals surface area contributed by atoms with Crippen LogP contribution in [0.5, 0.6) is 0 Å². The Kier molecular flexibility index (Phi) is 5.61. The van der Waals surface area contributed by atoms with E-state index in [2.05, 4.69) is 36.9 Å². The third-order valence-electron chi connectivity index (χ3n) is 4.74. The van der Waals surface area contributed by atoms with Crippen LogP contribution in [0.4, 0.5) is 0 Å². The Bertz CT molecular complexity index is 1070. The van der Waals surface area contributed by atoms with Crippen molar-refractivity contribution in [2.45, 2.75) is 25.6 Å². The molecular weight excluding hydrogens is 372 g/mol. The number of aryl methyl sites for hydroxylation is 1. The SMILES string of the molecule is COC(=O)Cn1nnnc1C(NCCCn1ccnc1)c1ccc2[nH]ccc2c1. The number of ether oxygens (including phenoxy) is 1. The average molecular weight is 394 g/mol. The lowest BCUT2D eigenvalue weighted by molar-refractivity contribution is -0.141. The van der Waals surface area contributed by atoms with Gasteiger partial charge >= 0.3 is 5.97 Å². The zero-order valence-electron chi connectivity index (χ0n) is 16.0. The first kappa shape index (κ1) is 18.8. The first-order chi connectivity index (χ1) is 14.2. The van der Waals surface area contributed by atoms with Gasteiger partial charge in [-0.1, -0.05) is 6.07 Å². The number of carbonyl (C=O) groups excluding carboxylic acids is 1. The summed E-state index contributed by atoms with van der Waals surface area (Å²) < 4.78 is 8.27. The van der Waals surface area contributed by atoms with Crippen LogP contribution in [0.15, 0.2) is 49.2 Å². The molecule has 1 atom stereocenters. The number of aromatic nitrogens is 7. The number of hydrogen-bond acceptors (Lipinski definition) is 7. The molecule has 3 heterocycles. The maximum absolute atomic E-state index is 11.8. The highest BCUT2D eigenvalue weighted by Gasteiger charge is 2.22. The molecule has 4 rings (SSSR count). The molecule has 2 N–H and O–H groups in total. The summed E-state index contributed by atoms with van der Waals surface area (Å²) in [6.45, 7) is 1.54. The van der Waals surface area contributed by atoms with Crippen molar-refractivity contribution < 1.29 is 9.53 Å². The fraction of sp³-hybridized carbons (Fsp3) is 0.316. The topological polar surface area (TPSA) is 116 Å². The van der Waals surface area contributed by atoms with Crippen LogP contribution < -0.4 is 5.32 Å². The first-order valence-corrected chi connectivity index (χ1v) is 9.33. The highest BCUT2D eigenvalue weighted by atomic mass is 16.5. The Morgan fingerprint density at radius 3 is 3.10 bits per heavy atom. The smallest absolute Gasteiger partial charge is 0.327 e. The molecule has 0 saturated carbocycles. The molecule has 4 aromatic rings. The second-order valence-electron chi connectivity index (χ2n) is 6.64. The van der Waals surface area contributed by atoms with Crippen LogP contribution in [-0.2, 0) is 22.6 Å². The summed E-state index contributed by atoms with van der Waals surface area (Å²) in [4.78, 5) is 19.0. The number of carbonyl (C=O) groups is 1. The van der Waals surface area contributed by atoms with Gasteiger partial charge in [0.15, 0.2) is 5.82 Å². The minimum Gasteiger partial charge on any atom is -0.468 e. The van der Waals surface area contributed by atoms with Crippen molar-refractivity contribution in [2.75, 3.05) is 13.7 Å². The molecule has 10 heteroatoms. The lowest BCUT2D eigenvalue weighted by Gasteiger charge is -2.19. The predicted molar refractivity (Wildman–Crippen MR) is 105 cm³/mol. The molecule has 1 aromatic carbocycles. The molecule has 0 aliphatic carbocycles. The summed E-state index contributed by atoms with van der Waals surface area (Å²) in [6, 6.07) is 7.91. The Morgan fingerprint density at radius 1 is 1.34 bits per heavy atom. The van der Waals surface area contributed by atoms with Crippen molar-refractivity contribution in [3.63, 3.8) is 0 Å². The molecule has 1 unspecified atom stereocenters. The number of benzene rings is 1. The second kappa shape index (κ2) is 8.65. The van der Waals surface area contributed by atoms with E-state index >= 15 is 0 Å². The van der Waals surface area contributed by atoms with Crippen LogP contribution in [0.2, 0.25) is 0 Å². The largest absolute Gasteiger partial charge is 0.468 e. The van der Waals surface area contributed by atoms with Gasteiger partial charge in [0.2, 0.25) is 0 Å². The van der Waals surface area contributed by atoms with E-state index in [1.807, 2.05) is 35.2 Å². The zero-order valence-corrected chi connectivity index (χ0v) is 16.0. The number of nitrogens with one attached hydrogen (secondary N) is 2. The number of fused-ring (bicyclic) bond motifs is 1. The maximum Gasteiger partial charge on any atom is 0.327 e. The highest BCUT2D eigenvalue weighted by molar-refractivity contribution is 5.80. The first-order valence-electron chi connectivity index (χ1n) is 9.33. The van der Waals surface area contributed by atoms with E-state index in [0.29, 0.717) is 5.82 Å². The third-order valence-corrected chi connectivity index (χ3v) is 4.74. The summed E-state index contributed by atoms with van der Waals surface area (Å²) in [6.07, 6.45) is 8.31. The molecule has 29 heavy (non-hydrogen) atoms. The van der Waals surface area contributed by atoms with E-state index in [4.69, 9.17) is 4.74 Å². The van der Waals surface area contributed by atoms with E-state index in [1.165, 1.54) is 11.8 Å². The van der Waals surface area contributed by atoms with Crippen LogP contribution in [0.3, 0.4) is 0 Å². The molecule has 0 saturated heterocycles. The van der Waals surface area contributed by atoms with E-state index in [-0.39, 0.29) is 12.6 Å². The minimum atomic E-state index is -0.404. The summed E-state index contributed by atoms with van der Waals surface area (Å²) >= 11 is 0. The quantitative estimate of drug-likeness (QED) is 0.325. The van der Waals surface area contributed by atoms with E-state index < -0.39 is 5.97 Å². The summed E-state index contributed by atoms with van der Waals surface area (Å²) in [5.41, 5.74) is 2.07. The molecule has 0 aliphatic rings. The Labute approximate surface area is 166 Å². The number of hydrogen-bond donors (Lipinski definition) is 2.